The molecule has 0 radical (unpaired) electrons. The van der Waals surface area contributed by atoms with Crippen molar-refractivity contribution < 1.29 is 9.18 Å². The van der Waals surface area contributed by atoms with Gasteiger partial charge in [-0.05, 0) is 55.9 Å². The van der Waals surface area contributed by atoms with Crippen molar-refractivity contribution in [3.63, 3.8) is 0 Å². The predicted molar refractivity (Wildman–Crippen MR) is 101 cm³/mol. The third-order valence-corrected chi connectivity index (χ3v) is 4.23. The molecule has 6 heteroatoms. The van der Waals surface area contributed by atoms with E-state index in [4.69, 9.17) is 12.2 Å². The zero-order chi connectivity index (χ0) is 18.0. The van der Waals surface area contributed by atoms with Gasteiger partial charge in [0.15, 0.2) is 5.11 Å². The van der Waals surface area contributed by atoms with Crippen molar-refractivity contribution in [2.75, 3.05) is 5.32 Å². The summed E-state index contributed by atoms with van der Waals surface area (Å²) in [5, 5.41) is 9.30. The molecule has 25 heavy (non-hydrogen) atoms. The molecule has 2 aromatic carbocycles. The Labute approximate surface area is 151 Å². The number of carbonyl (C=O) groups excluding carboxylic acids is 1. The fourth-order valence-electron chi connectivity index (χ4n) is 2.77. The monoisotopic (exact) mass is 355 g/mol. The Kier molecular flexibility index (Phi) is 4.81. The Morgan fingerprint density at radius 2 is 1.88 bits per heavy atom. The van der Waals surface area contributed by atoms with E-state index in [0.717, 1.165) is 5.56 Å². The number of benzene rings is 2. The number of nitrogens with one attached hydrogen (secondary N) is 3. The molecule has 3 N–H and O–H groups in total. The minimum Gasteiger partial charge on any atom is -0.351 e. The predicted octanol–water partition coefficient (Wildman–Crippen LogP) is 3.57. The van der Waals surface area contributed by atoms with Crippen LogP contribution in [0.5, 0.6) is 0 Å². The highest BCUT2D eigenvalue weighted by molar-refractivity contribution is 7.80. The third kappa shape index (κ3) is 3.85. The van der Waals surface area contributed by atoms with Gasteiger partial charge in [0.05, 0.1) is 11.6 Å². The van der Waals surface area contributed by atoms with E-state index in [1.165, 1.54) is 12.1 Å². The van der Waals surface area contributed by atoms with E-state index in [1.54, 1.807) is 19.1 Å². The molecule has 1 heterocycles. The number of rotatable bonds is 3. The van der Waals surface area contributed by atoms with Crippen molar-refractivity contribution in [2.45, 2.75) is 19.9 Å². The maximum Gasteiger partial charge on any atom is 0.255 e. The molecule has 1 atom stereocenters. The lowest BCUT2D eigenvalue weighted by molar-refractivity contribution is -0.113. The first kappa shape index (κ1) is 17.1. The molecule has 0 saturated carbocycles. The van der Waals surface area contributed by atoms with Gasteiger partial charge in [-0.3, -0.25) is 4.79 Å². The van der Waals surface area contributed by atoms with Crippen LogP contribution >= 0.6 is 12.2 Å². The molecule has 2 aromatic rings. The number of thiocarbonyl (C=S) groups is 1. The summed E-state index contributed by atoms with van der Waals surface area (Å²) >= 11 is 5.19. The fraction of sp³-hybridized carbons (Fsp3) is 0.158. The smallest absolute Gasteiger partial charge is 0.255 e. The molecular formula is C19H18FN3OS. The van der Waals surface area contributed by atoms with Gasteiger partial charge in [0.2, 0.25) is 0 Å². The number of carbonyl (C=O) groups is 1. The van der Waals surface area contributed by atoms with Gasteiger partial charge >= 0.3 is 0 Å². The van der Waals surface area contributed by atoms with Crippen LogP contribution in [0, 0.1) is 12.7 Å². The van der Waals surface area contributed by atoms with Crippen molar-refractivity contribution in [1.29, 1.82) is 0 Å². The van der Waals surface area contributed by atoms with Gasteiger partial charge in [0.25, 0.3) is 5.91 Å². The maximum atomic E-state index is 13.6. The van der Waals surface area contributed by atoms with E-state index in [0.29, 0.717) is 27.6 Å². The third-order valence-electron chi connectivity index (χ3n) is 4.01. The van der Waals surface area contributed by atoms with Crippen molar-refractivity contribution in [3.8, 4) is 0 Å². The van der Waals surface area contributed by atoms with Gasteiger partial charge in [0.1, 0.15) is 5.82 Å². The van der Waals surface area contributed by atoms with Gasteiger partial charge in [-0.1, -0.05) is 29.8 Å². The van der Waals surface area contributed by atoms with Crippen LogP contribution in [0.1, 0.15) is 24.1 Å². The lowest BCUT2D eigenvalue weighted by Gasteiger charge is -2.30. The van der Waals surface area contributed by atoms with Gasteiger partial charge in [-0.2, -0.15) is 0 Å². The number of anilines is 1. The average Bonchev–Trinajstić information content (AvgIpc) is 2.56. The van der Waals surface area contributed by atoms with E-state index >= 15 is 0 Å². The highest BCUT2D eigenvalue weighted by Crippen LogP contribution is 2.28. The number of halogens is 1. The van der Waals surface area contributed by atoms with Crippen LogP contribution in [0.4, 0.5) is 10.1 Å². The Morgan fingerprint density at radius 3 is 2.56 bits per heavy atom. The number of allylic oxidation sites excluding steroid dienone is 1. The van der Waals surface area contributed by atoms with Crippen LogP contribution in [0.15, 0.2) is 59.8 Å². The molecule has 0 spiro atoms. The van der Waals surface area contributed by atoms with Crippen LogP contribution in [-0.4, -0.2) is 11.0 Å². The van der Waals surface area contributed by atoms with Gasteiger partial charge in [0, 0.05) is 11.4 Å². The van der Waals surface area contributed by atoms with E-state index in [1.807, 2.05) is 31.2 Å². The normalized spacial score (nSPS) is 16.9. The molecule has 0 saturated heterocycles. The zero-order valence-corrected chi connectivity index (χ0v) is 14.7. The Balaban J connectivity index is 1.94. The first-order valence-electron chi connectivity index (χ1n) is 7.86. The summed E-state index contributed by atoms with van der Waals surface area (Å²) in [6, 6.07) is 13.2. The molecule has 3 rings (SSSR count). The van der Waals surface area contributed by atoms with Crippen molar-refractivity contribution in [3.05, 3.63) is 76.7 Å². The number of aryl methyl sites for hydroxylation is 1. The maximum absolute atomic E-state index is 13.6. The highest BCUT2D eigenvalue weighted by atomic mass is 32.1. The SMILES string of the molecule is CC1=C(C(=O)Nc2ccc(C)cc2)C(c2cccc(F)c2)NC(=S)N1. The Bertz CT molecular complexity index is 861. The summed E-state index contributed by atoms with van der Waals surface area (Å²) in [4.78, 5) is 12.9. The number of amides is 1. The highest BCUT2D eigenvalue weighted by Gasteiger charge is 2.30. The quantitative estimate of drug-likeness (QED) is 0.737. The summed E-state index contributed by atoms with van der Waals surface area (Å²) in [6.45, 7) is 3.76. The molecule has 1 amide bonds. The fourth-order valence-corrected chi connectivity index (χ4v) is 3.04. The minimum atomic E-state index is -0.519. The van der Waals surface area contributed by atoms with Crippen LogP contribution in [0.2, 0.25) is 0 Å². The van der Waals surface area contributed by atoms with Crippen molar-refractivity contribution >= 4 is 28.9 Å². The molecular weight excluding hydrogens is 337 g/mol. The molecule has 0 fully saturated rings. The second-order valence-electron chi connectivity index (χ2n) is 5.95. The van der Waals surface area contributed by atoms with Crippen LogP contribution in [-0.2, 0) is 4.79 Å². The minimum absolute atomic E-state index is 0.266. The first-order chi connectivity index (χ1) is 11.9. The lowest BCUT2D eigenvalue weighted by atomic mass is 9.95. The Morgan fingerprint density at radius 1 is 1.16 bits per heavy atom. The summed E-state index contributed by atoms with van der Waals surface area (Å²) < 4.78 is 13.6. The van der Waals surface area contributed by atoms with Crippen molar-refractivity contribution in [1.82, 2.24) is 10.6 Å². The van der Waals surface area contributed by atoms with E-state index < -0.39 is 6.04 Å². The lowest BCUT2D eigenvalue weighted by Crippen LogP contribution is -2.45. The summed E-state index contributed by atoms with van der Waals surface area (Å²) in [5.74, 6) is -0.627. The largest absolute Gasteiger partial charge is 0.351 e. The van der Waals surface area contributed by atoms with E-state index in [9.17, 15) is 9.18 Å². The van der Waals surface area contributed by atoms with Crippen LogP contribution < -0.4 is 16.0 Å². The van der Waals surface area contributed by atoms with Crippen molar-refractivity contribution in [2.24, 2.45) is 0 Å². The summed E-state index contributed by atoms with van der Waals surface area (Å²) in [5.41, 5.74) is 3.55. The van der Waals surface area contributed by atoms with E-state index in [-0.39, 0.29) is 11.7 Å². The van der Waals surface area contributed by atoms with Crippen LogP contribution in [0.3, 0.4) is 0 Å². The second kappa shape index (κ2) is 7.03. The first-order valence-corrected chi connectivity index (χ1v) is 8.26. The molecule has 1 aliphatic heterocycles. The Hall–Kier alpha value is -2.73. The zero-order valence-electron chi connectivity index (χ0n) is 13.9. The summed E-state index contributed by atoms with van der Waals surface area (Å²) in [7, 11) is 0. The van der Waals surface area contributed by atoms with Crippen LogP contribution in [0.25, 0.3) is 0 Å². The molecule has 0 bridgehead atoms. The van der Waals surface area contributed by atoms with E-state index in [2.05, 4.69) is 16.0 Å². The molecule has 1 aliphatic rings. The molecule has 0 aromatic heterocycles. The number of hydrogen-bond donors (Lipinski definition) is 3. The standard InChI is InChI=1S/C19H18FN3OS/c1-11-6-8-15(9-7-11)22-18(24)16-12(2)21-19(25)23-17(16)13-4-3-5-14(20)10-13/h3-10,17H,1-2H3,(H,22,24)(H2,21,23,25). The summed E-state index contributed by atoms with van der Waals surface area (Å²) in [6.07, 6.45) is 0. The van der Waals surface area contributed by atoms with Gasteiger partial charge in [-0.25, -0.2) is 4.39 Å². The number of hydrogen-bond acceptors (Lipinski definition) is 2. The second-order valence-corrected chi connectivity index (χ2v) is 6.35. The molecule has 0 aliphatic carbocycles. The molecule has 1 unspecified atom stereocenters. The molecule has 4 nitrogen and oxygen atoms in total. The molecule has 128 valence electrons. The topological polar surface area (TPSA) is 53.2 Å². The van der Waals surface area contributed by atoms with Gasteiger partial charge < -0.3 is 16.0 Å². The average molecular weight is 355 g/mol. The van der Waals surface area contributed by atoms with Gasteiger partial charge in [-0.15, -0.1) is 0 Å².